The molecule has 1 aliphatic heterocycles. The first kappa shape index (κ1) is 24.8. The molecule has 2 N–H and O–H groups in total. The first-order chi connectivity index (χ1) is 16.5. The minimum atomic E-state index is -0.130. The maximum atomic E-state index is 13.8. The Kier molecular flexibility index (Phi) is 6.64. The van der Waals surface area contributed by atoms with E-state index in [1.807, 2.05) is 55.5 Å². The number of nitrogens with one attached hydrogen (secondary N) is 2. The predicted octanol–water partition coefficient (Wildman–Crippen LogP) is 4.97. The van der Waals surface area contributed by atoms with E-state index in [4.69, 9.17) is 14.5 Å². The second kappa shape index (κ2) is 9.38. The highest BCUT2D eigenvalue weighted by Crippen LogP contribution is 2.31. The second-order valence-corrected chi connectivity index (χ2v) is 10.6. The number of methoxy groups -OCH3 is 2. The van der Waals surface area contributed by atoms with E-state index in [2.05, 4.69) is 38.1 Å². The van der Waals surface area contributed by atoms with Crippen molar-refractivity contribution in [1.29, 1.82) is 0 Å². The fraction of sp³-hybridized carbons (Fsp3) is 0.429. The average molecular weight is 477 g/mol. The van der Waals surface area contributed by atoms with Crippen molar-refractivity contribution >= 4 is 5.71 Å². The van der Waals surface area contributed by atoms with Crippen molar-refractivity contribution in [3.63, 3.8) is 0 Å². The van der Waals surface area contributed by atoms with Gasteiger partial charge in [-0.3, -0.25) is 14.9 Å². The number of aromatic nitrogens is 2. The molecule has 35 heavy (non-hydrogen) atoms. The fourth-order valence-electron chi connectivity index (χ4n) is 5.35. The lowest BCUT2D eigenvalue weighted by Gasteiger charge is -2.45. The van der Waals surface area contributed by atoms with Crippen LogP contribution < -0.4 is 20.3 Å². The van der Waals surface area contributed by atoms with E-state index in [0.717, 1.165) is 47.0 Å². The number of hydrogen-bond acceptors (Lipinski definition) is 5. The Morgan fingerprint density at radius 2 is 1.43 bits per heavy atom. The Balaban J connectivity index is 1.82. The molecule has 0 amide bonds. The number of hydrogen-bond donors (Lipinski definition) is 2. The van der Waals surface area contributed by atoms with Crippen LogP contribution in [0, 0.1) is 0 Å². The average Bonchev–Trinajstić information content (AvgIpc) is 3.14. The highest BCUT2D eigenvalue weighted by molar-refractivity contribution is 6.03. The van der Waals surface area contributed by atoms with Crippen LogP contribution in [0.5, 0.6) is 11.5 Å². The van der Waals surface area contributed by atoms with Gasteiger partial charge in [0.25, 0.3) is 5.56 Å². The highest BCUT2D eigenvalue weighted by atomic mass is 16.5. The Morgan fingerprint density at radius 1 is 0.914 bits per heavy atom. The van der Waals surface area contributed by atoms with E-state index in [1.165, 1.54) is 0 Å². The molecule has 0 aliphatic carbocycles. The molecule has 1 fully saturated rings. The zero-order valence-electron chi connectivity index (χ0n) is 21.7. The van der Waals surface area contributed by atoms with Gasteiger partial charge in [0.05, 0.1) is 37.2 Å². The van der Waals surface area contributed by atoms with E-state index < -0.39 is 0 Å². The van der Waals surface area contributed by atoms with Gasteiger partial charge in [-0.2, -0.15) is 0 Å². The van der Waals surface area contributed by atoms with Crippen LogP contribution in [0.25, 0.3) is 16.9 Å². The van der Waals surface area contributed by atoms with Crippen LogP contribution in [0.2, 0.25) is 0 Å². The summed E-state index contributed by atoms with van der Waals surface area (Å²) in [7, 11) is 3.26. The smallest absolute Gasteiger partial charge is 0.280 e. The number of aliphatic imine (C=N–C) groups is 1. The summed E-state index contributed by atoms with van der Waals surface area (Å²) in [6, 6.07) is 15.2. The van der Waals surface area contributed by atoms with Gasteiger partial charge in [0.2, 0.25) is 0 Å². The lowest BCUT2D eigenvalue weighted by Crippen LogP contribution is -2.58. The van der Waals surface area contributed by atoms with E-state index in [0.29, 0.717) is 5.56 Å². The fourth-order valence-corrected chi connectivity index (χ4v) is 5.35. The van der Waals surface area contributed by atoms with Crippen molar-refractivity contribution in [2.24, 2.45) is 4.99 Å². The third-order valence-corrected chi connectivity index (χ3v) is 6.51. The topological polar surface area (TPSA) is 80.6 Å². The Bertz CT molecular complexity index is 1250. The molecule has 0 spiro atoms. The predicted molar refractivity (Wildman–Crippen MR) is 141 cm³/mol. The lowest BCUT2D eigenvalue weighted by atomic mass is 9.80. The van der Waals surface area contributed by atoms with Crippen molar-refractivity contribution in [2.75, 3.05) is 14.2 Å². The lowest BCUT2D eigenvalue weighted by molar-refractivity contribution is 0.164. The minimum absolute atomic E-state index is 0.0313. The van der Waals surface area contributed by atoms with Crippen molar-refractivity contribution in [1.82, 2.24) is 15.1 Å². The van der Waals surface area contributed by atoms with Gasteiger partial charge in [0, 0.05) is 22.4 Å². The standard InChI is InChI=1S/C28H36N4O3/c1-18(29-20-16-27(2,3)31-28(4,5)17-20)24-25(19-8-12-22(34-6)13-9-19)30-32(26(24)33)21-10-14-23(35-7)15-11-21/h8-15,20,30-31H,16-17H2,1-7H3. The number of benzene rings is 2. The molecule has 2 aromatic carbocycles. The van der Waals surface area contributed by atoms with E-state index in [1.54, 1.807) is 18.9 Å². The second-order valence-electron chi connectivity index (χ2n) is 10.6. The zero-order valence-corrected chi connectivity index (χ0v) is 21.7. The third kappa shape index (κ3) is 5.35. The molecule has 0 saturated carbocycles. The molecular weight excluding hydrogens is 440 g/mol. The van der Waals surface area contributed by atoms with Gasteiger partial charge in [-0.25, -0.2) is 4.68 Å². The molecule has 0 bridgehead atoms. The van der Waals surface area contributed by atoms with E-state index >= 15 is 0 Å². The Morgan fingerprint density at radius 3 is 1.94 bits per heavy atom. The van der Waals surface area contributed by atoms with E-state index in [9.17, 15) is 4.79 Å². The first-order valence-electron chi connectivity index (χ1n) is 12.0. The highest BCUT2D eigenvalue weighted by Gasteiger charge is 2.37. The van der Waals surface area contributed by atoms with Gasteiger partial charge in [0.1, 0.15) is 11.5 Å². The number of aromatic amines is 1. The maximum Gasteiger partial charge on any atom is 0.280 e. The van der Waals surface area contributed by atoms with Crippen LogP contribution in [0.3, 0.4) is 0 Å². The van der Waals surface area contributed by atoms with Crippen LogP contribution in [-0.2, 0) is 0 Å². The van der Waals surface area contributed by atoms with E-state index in [-0.39, 0.29) is 22.7 Å². The summed E-state index contributed by atoms with van der Waals surface area (Å²) >= 11 is 0. The van der Waals surface area contributed by atoms with Gasteiger partial charge in [-0.15, -0.1) is 0 Å². The van der Waals surface area contributed by atoms with Crippen LogP contribution >= 0.6 is 0 Å². The summed E-state index contributed by atoms with van der Waals surface area (Å²) in [5.41, 5.74) is 3.49. The molecule has 1 saturated heterocycles. The quantitative estimate of drug-likeness (QED) is 0.493. The van der Waals surface area contributed by atoms with Crippen LogP contribution in [0.4, 0.5) is 0 Å². The number of ether oxygens (including phenoxy) is 2. The van der Waals surface area contributed by atoms with Crippen molar-refractivity contribution in [3.8, 4) is 28.4 Å². The van der Waals surface area contributed by atoms with Gasteiger partial charge in [-0.1, -0.05) is 0 Å². The Hall–Kier alpha value is -3.32. The molecule has 186 valence electrons. The van der Waals surface area contributed by atoms with Crippen LogP contribution in [0.1, 0.15) is 53.0 Å². The molecule has 1 aromatic heterocycles. The SMILES string of the molecule is COc1ccc(-c2[nH]n(-c3ccc(OC)cc3)c(=O)c2C(C)=NC2CC(C)(C)NC(C)(C)C2)cc1. The molecule has 0 unspecified atom stereocenters. The van der Waals surface area contributed by atoms with Crippen molar-refractivity contribution in [3.05, 3.63) is 64.4 Å². The Labute approximate surface area is 207 Å². The summed E-state index contributed by atoms with van der Waals surface area (Å²) in [6.45, 7) is 10.8. The van der Waals surface area contributed by atoms with Gasteiger partial charge < -0.3 is 14.8 Å². The van der Waals surface area contributed by atoms with Crippen LogP contribution in [0.15, 0.2) is 58.3 Å². The summed E-state index contributed by atoms with van der Waals surface area (Å²) in [4.78, 5) is 18.9. The number of nitrogens with zero attached hydrogens (tertiary/aromatic N) is 2. The number of rotatable bonds is 6. The largest absolute Gasteiger partial charge is 0.497 e. The molecular formula is C28H36N4O3. The zero-order chi connectivity index (χ0) is 25.4. The third-order valence-electron chi connectivity index (χ3n) is 6.51. The van der Waals surface area contributed by atoms with Gasteiger partial charge in [-0.05, 0) is 96.0 Å². The molecule has 7 heteroatoms. The summed E-state index contributed by atoms with van der Waals surface area (Å²) in [5, 5.41) is 7.04. The van der Waals surface area contributed by atoms with Crippen molar-refractivity contribution in [2.45, 2.75) is 64.6 Å². The number of piperidine rings is 1. The molecule has 3 aromatic rings. The molecule has 1 aliphatic rings. The van der Waals surface area contributed by atoms with Gasteiger partial charge in [0.15, 0.2) is 0 Å². The van der Waals surface area contributed by atoms with Crippen molar-refractivity contribution < 1.29 is 9.47 Å². The maximum absolute atomic E-state index is 13.8. The van der Waals surface area contributed by atoms with Gasteiger partial charge >= 0.3 is 0 Å². The minimum Gasteiger partial charge on any atom is -0.497 e. The molecule has 0 atom stereocenters. The molecule has 2 heterocycles. The number of H-pyrrole nitrogens is 1. The molecule has 0 radical (unpaired) electrons. The summed E-state index contributed by atoms with van der Waals surface area (Å²) in [6.07, 6.45) is 1.81. The summed E-state index contributed by atoms with van der Waals surface area (Å²) in [5.74, 6) is 1.50. The summed E-state index contributed by atoms with van der Waals surface area (Å²) < 4.78 is 12.2. The normalized spacial score (nSPS) is 17.9. The molecule has 4 rings (SSSR count). The first-order valence-corrected chi connectivity index (χ1v) is 12.0. The monoisotopic (exact) mass is 476 g/mol. The van der Waals surface area contributed by atoms with Crippen LogP contribution in [-0.4, -0.2) is 46.8 Å². The molecule has 7 nitrogen and oxygen atoms in total.